The highest BCUT2D eigenvalue weighted by atomic mass is 15.2. The van der Waals surface area contributed by atoms with Gasteiger partial charge >= 0.3 is 0 Å². The van der Waals surface area contributed by atoms with Crippen LogP contribution < -0.4 is 9.80 Å². The number of hydrogen-bond acceptors (Lipinski definition) is 2. The van der Waals surface area contributed by atoms with Gasteiger partial charge in [-0.3, -0.25) is 0 Å². The highest BCUT2D eigenvalue weighted by molar-refractivity contribution is 6.02. The monoisotopic (exact) mass is 830 g/mol. The standard InChI is InChI=1S/C63H46N2/c1-3-13-44(14-4-1)46-25-33-55(34-26-46)64(56-35-27-47(28-36-56)45-15-5-2-6-16-45)57-37-29-48(30-38-57)51-31-39-61-53(41-51)43-54-42-52(59-23-11-19-49-17-7-9-21-58(49)59)32-40-62(54)65(61)63-24-12-20-50-18-8-10-22-60(50)63/h1,3-5,7-42H,2,6,43H2. The molecule has 0 spiro atoms. The number of benzene rings is 10. The lowest BCUT2D eigenvalue weighted by Crippen LogP contribution is -2.19. The molecule has 0 atom stereocenters. The van der Waals surface area contributed by atoms with Crippen LogP contribution in [0.4, 0.5) is 34.1 Å². The second-order valence-electron chi connectivity index (χ2n) is 17.2. The minimum atomic E-state index is 0.839. The van der Waals surface area contributed by atoms with Crippen LogP contribution in [-0.2, 0) is 6.42 Å². The van der Waals surface area contributed by atoms with Gasteiger partial charge in [0.1, 0.15) is 0 Å². The van der Waals surface area contributed by atoms with E-state index in [1.165, 1.54) is 94.3 Å². The molecule has 10 aromatic carbocycles. The van der Waals surface area contributed by atoms with Gasteiger partial charge in [-0.25, -0.2) is 0 Å². The van der Waals surface area contributed by atoms with Crippen LogP contribution in [0, 0.1) is 0 Å². The molecule has 1 aliphatic heterocycles. The van der Waals surface area contributed by atoms with Gasteiger partial charge < -0.3 is 9.80 Å². The summed E-state index contributed by atoms with van der Waals surface area (Å²) in [5, 5.41) is 5.01. The lowest BCUT2D eigenvalue weighted by molar-refractivity contribution is 1.04. The Balaban J connectivity index is 0.927. The van der Waals surface area contributed by atoms with Gasteiger partial charge in [-0.1, -0.05) is 176 Å². The topological polar surface area (TPSA) is 6.48 Å². The van der Waals surface area contributed by atoms with Gasteiger partial charge in [0.05, 0.1) is 5.69 Å². The molecule has 0 aromatic heterocycles. The van der Waals surface area contributed by atoms with E-state index in [1.807, 2.05) is 0 Å². The number of rotatable bonds is 8. The fourth-order valence-electron chi connectivity index (χ4n) is 10.0. The van der Waals surface area contributed by atoms with Crippen molar-refractivity contribution >= 4 is 61.2 Å². The van der Waals surface area contributed by atoms with E-state index in [-0.39, 0.29) is 0 Å². The minimum absolute atomic E-state index is 0.839. The second-order valence-corrected chi connectivity index (χ2v) is 17.2. The molecule has 1 aliphatic carbocycles. The Kier molecular flexibility index (Phi) is 9.76. The van der Waals surface area contributed by atoms with Gasteiger partial charge in [-0.05, 0) is 151 Å². The molecule has 0 amide bonds. The normalized spacial score (nSPS) is 13.0. The quantitative estimate of drug-likeness (QED) is 0.151. The molecule has 2 heteroatoms. The molecule has 65 heavy (non-hydrogen) atoms. The highest BCUT2D eigenvalue weighted by Crippen LogP contribution is 2.48. The molecule has 0 saturated carbocycles. The van der Waals surface area contributed by atoms with E-state index in [0.29, 0.717) is 0 Å². The summed E-state index contributed by atoms with van der Waals surface area (Å²) in [5.74, 6) is 0. The van der Waals surface area contributed by atoms with Crippen LogP contribution in [0.1, 0.15) is 29.5 Å². The third-order valence-electron chi connectivity index (χ3n) is 13.3. The van der Waals surface area contributed by atoms with Crippen molar-refractivity contribution in [3.8, 4) is 33.4 Å². The Hall–Kier alpha value is -8.20. The molecule has 0 unspecified atom stereocenters. The van der Waals surface area contributed by atoms with Gasteiger partial charge in [-0.15, -0.1) is 0 Å². The van der Waals surface area contributed by atoms with E-state index in [0.717, 1.165) is 36.3 Å². The number of anilines is 6. The van der Waals surface area contributed by atoms with Crippen LogP contribution in [0.25, 0.3) is 60.5 Å². The van der Waals surface area contributed by atoms with E-state index in [2.05, 4.69) is 252 Å². The van der Waals surface area contributed by atoms with Crippen molar-refractivity contribution in [2.75, 3.05) is 9.80 Å². The maximum absolute atomic E-state index is 2.49. The van der Waals surface area contributed by atoms with Crippen LogP contribution in [0.5, 0.6) is 0 Å². The van der Waals surface area contributed by atoms with Crippen molar-refractivity contribution in [3.63, 3.8) is 0 Å². The summed E-state index contributed by atoms with van der Waals surface area (Å²) in [6.45, 7) is 0. The van der Waals surface area contributed by atoms with Gasteiger partial charge in [0.2, 0.25) is 0 Å². The molecule has 0 saturated heterocycles. The first-order valence-corrected chi connectivity index (χ1v) is 22.8. The molecule has 12 rings (SSSR count). The Morgan fingerprint density at radius 3 is 1.52 bits per heavy atom. The summed E-state index contributed by atoms with van der Waals surface area (Å²) in [4.78, 5) is 4.86. The maximum Gasteiger partial charge on any atom is 0.0540 e. The first-order chi connectivity index (χ1) is 32.2. The minimum Gasteiger partial charge on any atom is -0.311 e. The SMILES string of the molecule is C1=CC(c2ccc(N(c3ccc(-c4ccccc4)cc3)c3ccc(-c4ccc5c(c4)Cc4cc(-c6cccc7ccccc67)ccc4N5c4cccc5ccccc45)cc3)cc2)=CCC1. The van der Waals surface area contributed by atoms with Crippen molar-refractivity contribution in [2.24, 2.45) is 0 Å². The summed E-state index contributed by atoms with van der Waals surface area (Å²) in [6, 6.07) is 82.6. The predicted octanol–water partition coefficient (Wildman–Crippen LogP) is 17.6. The third kappa shape index (κ3) is 7.20. The van der Waals surface area contributed by atoms with Crippen molar-refractivity contribution in [1.82, 2.24) is 0 Å². The van der Waals surface area contributed by atoms with E-state index in [4.69, 9.17) is 0 Å². The first kappa shape index (κ1) is 38.5. The van der Waals surface area contributed by atoms with Crippen molar-refractivity contribution in [3.05, 3.63) is 259 Å². The Bertz CT molecular complexity index is 3420. The summed E-state index contributed by atoms with van der Waals surface area (Å²) in [5.41, 5.74) is 19.5. The molecule has 0 N–H and O–H groups in total. The van der Waals surface area contributed by atoms with Gasteiger partial charge in [-0.2, -0.15) is 0 Å². The zero-order chi connectivity index (χ0) is 43.1. The van der Waals surface area contributed by atoms with Crippen molar-refractivity contribution in [1.29, 1.82) is 0 Å². The number of fused-ring (bicyclic) bond motifs is 4. The summed E-state index contributed by atoms with van der Waals surface area (Å²) in [7, 11) is 0. The molecule has 2 aliphatic rings. The molecular weight excluding hydrogens is 785 g/mol. The van der Waals surface area contributed by atoms with Crippen LogP contribution in [0.3, 0.4) is 0 Å². The lowest BCUT2D eigenvalue weighted by Gasteiger charge is -2.35. The number of allylic oxidation sites excluding steroid dienone is 4. The molecule has 10 aromatic rings. The van der Waals surface area contributed by atoms with Gasteiger partial charge in [0.25, 0.3) is 0 Å². The Morgan fingerprint density at radius 1 is 0.354 bits per heavy atom. The van der Waals surface area contributed by atoms with E-state index >= 15 is 0 Å². The largest absolute Gasteiger partial charge is 0.311 e. The van der Waals surface area contributed by atoms with E-state index in [1.54, 1.807) is 0 Å². The zero-order valence-electron chi connectivity index (χ0n) is 36.1. The van der Waals surface area contributed by atoms with Gasteiger partial charge in [0, 0.05) is 40.2 Å². The van der Waals surface area contributed by atoms with Crippen molar-refractivity contribution < 1.29 is 0 Å². The predicted molar refractivity (Wildman–Crippen MR) is 276 cm³/mol. The average Bonchev–Trinajstić information content (AvgIpc) is 3.38. The lowest BCUT2D eigenvalue weighted by atomic mass is 9.89. The second kappa shape index (κ2) is 16.5. The number of nitrogens with zero attached hydrogens (tertiary/aromatic N) is 2. The Morgan fingerprint density at radius 2 is 0.862 bits per heavy atom. The fraction of sp³-hybridized carbons (Fsp3) is 0.0476. The van der Waals surface area contributed by atoms with Crippen LogP contribution >= 0.6 is 0 Å². The summed E-state index contributed by atoms with van der Waals surface area (Å²) >= 11 is 0. The smallest absolute Gasteiger partial charge is 0.0540 e. The van der Waals surface area contributed by atoms with Crippen LogP contribution in [-0.4, -0.2) is 0 Å². The van der Waals surface area contributed by atoms with Crippen LogP contribution in [0.15, 0.2) is 243 Å². The summed E-state index contributed by atoms with van der Waals surface area (Å²) in [6.07, 6.45) is 9.91. The molecule has 0 bridgehead atoms. The number of hydrogen-bond donors (Lipinski definition) is 0. The fourth-order valence-corrected chi connectivity index (χ4v) is 10.0. The molecular formula is C63H46N2. The van der Waals surface area contributed by atoms with E-state index in [9.17, 15) is 0 Å². The molecule has 0 fully saturated rings. The van der Waals surface area contributed by atoms with Crippen LogP contribution in [0.2, 0.25) is 0 Å². The first-order valence-electron chi connectivity index (χ1n) is 22.8. The third-order valence-corrected chi connectivity index (χ3v) is 13.3. The summed E-state index contributed by atoms with van der Waals surface area (Å²) < 4.78 is 0. The highest BCUT2D eigenvalue weighted by Gasteiger charge is 2.27. The Labute approximate surface area is 381 Å². The van der Waals surface area contributed by atoms with Gasteiger partial charge in [0.15, 0.2) is 0 Å². The average molecular weight is 831 g/mol. The molecule has 2 nitrogen and oxygen atoms in total. The van der Waals surface area contributed by atoms with E-state index < -0.39 is 0 Å². The maximum atomic E-state index is 2.49. The zero-order valence-corrected chi connectivity index (χ0v) is 36.1. The molecule has 308 valence electrons. The molecule has 0 radical (unpaired) electrons. The molecule has 1 heterocycles. The van der Waals surface area contributed by atoms with Crippen molar-refractivity contribution in [2.45, 2.75) is 19.3 Å².